The molecule has 2 N–H and O–H groups in total. The van der Waals surface area contributed by atoms with E-state index in [4.69, 9.17) is 0 Å². The van der Waals surface area contributed by atoms with E-state index in [2.05, 4.69) is 22.8 Å². The third kappa shape index (κ3) is 5.21. The Kier molecular flexibility index (Phi) is 6.64. The van der Waals surface area contributed by atoms with Gasteiger partial charge < -0.3 is 15.5 Å². The van der Waals surface area contributed by atoms with Gasteiger partial charge in [-0.25, -0.2) is 4.39 Å². The van der Waals surface area contributed by atoms with Crippen molar-refractivity contribution in [3.63, 3.8) is 0 Å². The van der Waals surface area contributed by atoms with Gasteiger partial charge >= 0.3 is 0 Å². The molecule has 0 saturated heterocycles. The first-order valence-corrected chi connectivity index (χ1v) is 9.90. The number of nitrogens with zero attached hydrogens (tertiary/aromatic N) is 1. The van der Waals surface area contributed by atoms with Crippen molar-refractivity contribution < 1.29 is 14.0 Å². The van der Waals surface area contributed by atoms with Crippen LogP contribution >= 0.6 is 0 Å². The summed E-state index contributed by atoms with van der Waals surface area (Å²) in [6, 6.07) is 14.8. The molecule has 3 rings (SSSR count). The summed E-state index contributed by atoms with van der Waals surface area (Å²) in [7, 11) is 5.36. The van der Waals surface area contributed by atoms with Crippen LogP contribution in [0.4, 0.5) is 4.39 Å². The number of hydrogen-bond acceptors (Lipinski definition) is 3. The number of rotatable bonds is 8. The highest BCUT2D eigenvalue weighted by Crippen LogP contribution is 2.47. The minimum absolute atomic E-state index is 0.0260. The van der Waals surface area contributed by atoms with Gasteiger partial charge in [0.2, 0.25) is 5.91 Å². The van der Waals surface area contributed by atoms with Crippen molar-refractivity contribution in [3.8, 4) is 0 Å². The van der Waals surface area contributed by atoms with Gasteiger partial charge in [-0.1, -0.05) is 36.4 Å². The van der Waals surface area contributed by atoms with Crippen LogP contribution in [0.25, 0.3) is 0 Å². The SMILES string of the molecule is CNC(=O)c1ccc(C[C@@H](CNC(=O)C2CC2c2ccccc2)N(C)C)cc1F. The highest BCUT2D eigenvalue weighted by molar-refractivity contribution is 5.94. The summed E-state index contributed by atoms with van der Waals surface area (Å²) in [6.07, 6.45) is 1.46. The van der Waals surface area contributed by atoms with E-state index in [-0.39, 0.29) is 23.4 Å². The Labute approximate surface area is 171 Å². The first kappa shape index (κ1) is 21.0. The van der Waals surface area contributed by atoms with Gasteiger partial charge in [-0.15, -0.1) is 0 Å². The minimum atomic E-state index is -0.535. The lowest BCUT2D eigenvalue weighted by Crippen LogP contribution is -2.42. The molecule has 2 amide bonds. The Bertz CT molecular complexity index is 870. The van der Waals surface area contributed by atoms with Gasteiger partial charge in [-0.2, -0.15) is 0 Å². The van der Waals surface area contributed by atoms with Crippen molar-refractivity contribution in [3.05, 3.63) is 71.0 Å². The third-order valence-corrected chi connectivity index (χ3v) is 5.57. The van der Waals surface area contributed by atoms with Crippen LogP contribution in [0, 0.1) is 11.7 Å². The summed E-state index contributed by atoms with van der Waals surface area (Å²) in [5.74, 6) is -0.563. The highest BCUT2D eigenvalue weighted by Gasteiger charge is 2.43. The molecule has 3 atom stereocenters. The van der Waals surface area contributed by atoms with E-state index in [1.807, 2.05) is 37.2 Å². The van der Waals surface area contributed by atoms with Crippen LogP contribution in [-0.4, -0.2) is 50.4 Å². The molecule has 0 heterocycles. The van der Waals surface area contributed by atoms with Crippen molar-refractivity contribution in [2.45, 2.75) is 24.8 Å². The molecule has 1 saturated carbocycles. The Morgan fingerprint density at radius 1 is 1.17 bits per heavy atom. The van der Waals surface area contributed by atoms with E-state index >= 15 is 0 Å². The molecule has 1 fully saturated rings. The Hall–Kier alpha value is -2.73. The number of carbonyl (C=O) groups is 2. The first-order chi connectivity index (χ1) is 13.9. The van der Waals surface area contributed by atoms with Crippen molar-refractivity contribution in [1.82, 2.24) is 15.5 Å². The van der Waals surface area contributed by atoms with Crippen LogP contribution in [0.1, 0.15) is 33.8 Å². The second-order valence-electron chi connectivity index (χ2n) is 7.82. The molecular weight excluding hydrogens is 369 g/mol. The quantitative estimate of drug-likeness (QED) is 0.720. The van der Waals surface area contributed by atoms with Crippen LogP contribution in [0.15, 0.2) is 48.5 Å². The molecule has 0 radical (unpaired) electrons. The minimum Gasteiger partial charge on any atom is -0.355 e. The maximum absolute atomic E-state index is 14.2. The zero-order valence-corrected chi connectivity index (χ0v) is 17.1. The summed E-state index contributed by atoms with van der Waals surface area (Å²) in [6.45, 7) is 0.489. The zero-order chi connectivity index (χ0) is 21.0. The molecule has 6 heteroatoms. The van der Waals surface area contributed by atoms with Crippen molar-refractivity contribution in [2.75, 3.05) is 27.7 Å². The summed E-state index contributed by atoms with van der Waals surface area (Å²) < 4.78 is 14.2. The lowest BCUT2D eigenvalue weighted by atomic mass is 10.0. The molecule has 1 aliphatic rings. The third-order valence-electron chi connectivity index (χ3n) is 5.57. The van der Waals surface area contributed by atoms with Gasteiger partial charge in [0, 0.05) is 25.6 Å². The van der Waals surface area contributed by atoms with E-state index in [0.717, 1.165) is 12.0 Å². The fourth-order valence-electron chi connectivity index (χ4n) is 3.62. The second kappa shape index (κ2) is 9.18. The van der Waals surface area contributed by atoms with Crippen LogP contribution in [0.3, 0.4) is 0 Å². The smallest absolute Gasteiger partial charge is 0.253 e. The number of nitrogens with one attached hydrogen (secondary N) is 2. The standard InChI is InChI=1S/C23H28FN3O2/c1-25-22(28)18-10-9-15(12-21(18)24)11-17(27(2)3)14-26-23(29)20-13-19(20)16-7-5-4-6-8-16/h4-10,12,17,19-20H,11,13-14H2,1-3H3,(H,25,28)(H,26,29)/t17-,19?,20?/m0/s1. The average Bonchev–Trinajstić information content (AvgIpc) is 3.52. The van der Waals surface area contributed by atoms with Gasteiger partial charge in [-0.05, 0) is 56.1 Å². The Morgan fingerprint density at radius 3 is 2.52 bits per heavy atom. The van der Waals surface area contributed by atoms with Gasteiger partial charge in [0.25, 0.3) is 5.91 Å². The molecule has 1 aliphatic carbocycles. The first-order valence-electron chi connectivity index (χ1n) is 9.90. The molecule has 154 valence electrons. The maximum atomic E-state index is 14.2. The Balaban J connectivity index is 1.56. The summed E-state index contributed by atoms with van der Waals surface area (Å²) in [5.41, 5.74) is 2.03. The van der Waals surface area contributed by atoms with E-state index in [1.54, 1.807) is 6.07 Å². The molecule has 5 nitrogen and oxygen atoms in total. The lowest BCUT2D eigenvalue weighted by molar-refractivity contribution is -0.122. The number of likely N-dealkylation sites (N-methyl/N-ethyl adjacent to an activating group) is 1. The van der Waals surface area contributed by atoms with Crippen LogP contribution in [0.5, 0.6) is 0 Å². The summed E-state index contributed by atoms with van der Waals surface area (Å²) in [5, 5.41) is 5.49. The number of amides is 2. The number of carbonyl (C=O) groups excluding carboxylic acids is 2. The van der Waals surface area contributed by atoms with Gasteiger partial charge in [0.1, 0.15) is 5.82 Å². The zero-order valence-electron chi connectivity index (χ0n) is 17.1. The topological polar surface area (TPSA) is 61.4 Å². The highest BCUT2D eigenvalue weighted by atomic mass is 19.1. The van der Waals surface area contributed by atoms with Gasteiger partial charge in [-0.3, -0.25) is 9.59 Å². The van der Waals surface area contributed by atoms with Crippen molar-refractivity contribution in [2.24, 2.45) is 5.92 Å². The van der Waals surface area contributed by atoms with E-state index in [0.29, 0.717) is 18.9 Å². The normalized spacial score (nSPS) is 18.9. The average molecular weight is 397 g/mol. The van der Waals surface area contributed by atoms with Crippen LogP contribution in [-0.2, 0) is 11.2 Å². The number of halogens is 1. The molecule has 0 aromatic heterocycles. The molecule has 29 heavy (non-hydrogen) atoms. The van der Waals surface area contributed by atoms with Gasteiger partial charge in [0.15, 0.2) is 0 Å². The van der Waals surface area contributed by atoms with Crippen LogP contribution < -0.4 is 10.6 Å². The summed E-state index contributed by atoms with van der Waals surface area (Å²) in [4.78, 5) is 26.2. The van der Waals surface area contributed by atoms with Crippen molar-refractivity contribution in [1.29, 1.82) is 0 Å². The molecule has 0 aliphatic heterocycles. The lowest BCUT2D eigenvalue weighted by Gasteiger charge is -2.25. The molecule has 2 unspecified atom stereocenters. The Morgan fingerprint density at radius 2 is 1.90 bits per heavy atom. The monoisotopic (exact) mass is 397 g/mol. The number of benzene rings is 2. The molecule has 2 aromatic rings. The predicted octanol–water partition coefficient (Wildman–Crippen LogP) is 2.58. The second-order valence-corrected chi connectivity index (χ2v) is 7.82. The van der Waals surface area contributed by atoms with Crippen molar-refractivity contribution >= 4 is 11.8 Å². The van der Waals surface area contributed by atoms with E-state index < -0.39 is 11.7 Å². The fourth-order valence-corrected chi connectivity index (χ4v) is 3.62. The molecular formula is C23H28FN3O2. The van der Waals surface area contributed by atoms with E-state index in [9.17, 15) is 14.0 Å². The maximum Gasteiger partial charge on any atom is 0.253 e. The van der Waals surface area contributed by atoms with Gasteiger partial charge in [0.05, 0.1) is 5.56 Å². The largest absolute Gasteiger partial charge is 0.355 e. The number of hydrogen-bond donors (Lipinski definition) is 2. The van der Waals surface area contributed by atoms with E-state index in [1.165, 1.54) is 24.7 Å². The molecule has 0 bridgehead atoms. The molecule has 0 spiro atoms. The van der Waals surface area contributed by atoms with Crippen LogP contribution in [0.2, 0.25) is 0 Å². The predicted molar refractivity (Wildman–Crippen MR) is 111 cm³/mol. The fraction of sp³-hybridized carbons (Fsp3) is 0.391. The molecule has 2 aromatic carbocycles. The summed E-state index contributed by atoms with van der Waals surface area (Å²) >= 11 is 0.